The molecular formula is C23H18ClFN4O. The van der Waals surface area contributed by atoms with Gasteiger partial charge in [0.15, 0.2) is 10.9 Å². The standard InChI is InChI=1S/C23H18ClFN4O/c1-2-5-20-27-21-22(17-6-3-4-7-18(17)26-23(21)24)29(20)13-16-12-19(28-30-16)14-8-10-15(25)11-9-14/h3-4,6-12H,2,5,13H2,1H3. The minimum absolute atomic E-state index is 0.283. The average Bonchev–Trinajstić information content (AvgIpc) is 3.35. The van der Waals surface area contributed by atoms with Crippen molar-refractivity contribution < 1.29 is 8.91 Å². The van der Waals surface area contributed by atoms with E-state index >= 15 is 0 Å². The Morgan fingerprint density at radius 1 is 1.07 bits per heavy atom. The van der Waals surface area contributed by atoms with Crippen molar-refractivity contribution in [1.82, 2.24) is 19.7 Å². The van der Waals surface area contributed by atoms with Gasteiger partial charge in [-0.1, -0.05) is 41.9 Å². The Labute approximate surface area is 177 Å². The molecule has 0 unspecified atom stereocenters. The van der Waals surface area contributed by atoms with Crippen molar-refractivity contribution in [3.63, 3.8) is 0 Å². The molecule has 0 atom stereocenters. The quantitative estimate of drug-likeness (QED) is 0.325. The fourth-order valence-electron chi connectivity index (χ4n) is 3.73. The van der Waals surface area contributed by atoms with E-state index in [0.717, 1.165) is 40.6 Å². The Morgan fingerprint density at radius 2 is 1.87 bits per heavy atom. The summed E-state index contributed by atoms with van der Waals surface area (Å²) < 4.78 is 20.9. The summed E-state index contributed by atoms with van der Waals surface area (Å²) in [7, 11) is 0. The van der Waals surface area contributed by atoms with Gasteiger partial charge >= 0.3 is 0 Å². The SMILES string of the molecule is CCCc1nc2c(Cl)nc3ccccc3c2n1Cc1cc(-c2ccc(F)cc2)no1. The molecule has 0 spiro atoms. The highest BCUT2D eigenvalue weighted by atomic mass is 35.5. The second-order valence-corrected chi connectivity index (χ2v) is 7.52. The normalized spacial score (nSPS) is 11.6. The van der Waals surface area contributed by atoms with E-state index in [2.05, 4.69) is 21.6 Å². The predicted molar refractivity (Wildman–Crippen MR) is 115 cm³/mol. The summed E-state index contributed by atoms with van der Waals surface area (Å²) >= 11 is 6.47. The van der Waals surface area contributed by atoms with Crippen LogP contribution < -0.4 is 0 Å². The smallest absolute Gasteiger partial charge is 0.157 e. The van der Waals surface area contributed by atoms with Gasteiger partial charge in [0.05, 0.1) is 17.6 Å². The first-order chi connectivity index (χ1) is 14.6. The Bertz CT molecular complexity index is 1360. The number of fused-ring (bicyclic) bond motifs is 3. The van der Waals surface area contributed by atoms with Crippen molar-refractivity contribution in [1.29, 1.82) is 0 Å². The van der Waals surface area contributed by atoms with E-state index < -0.39 is 0 Å². The Balaban J connectivity index is 1.63. The van der Waals surface area contributed by atoms with Gasteiger partial charge in [-0.05, 0) is 36.8 Å². The molecule has 0 saturated carbocycles. The zero-order valence-electron chi connectivity index (χ0n) is 16.3. The van der Waals surface area contributed by atoms with Gasteiger partial charge in [-0.25, -0.2) is 14.4 Å². The topological polar surface area (TPSA) is 56.7 Å². The van der Waals surface area contributed by atoms with Crippen molar-refractivity contribution in [2.45, 2.75) is 26.3 Å². The van der Waals surface area contributed by atoms with Gasteiger partial charge in [0, 0.05) is 23.4 Å². The lowest BCUT2D eigenvalue weighted by molar-refractivity contribution is 0.378. The number of hydrogen-bond donors (Lipinski definition) is 0. The summed E-state index contributed by atoms with van der Waals surface area (Å²) in [6, 6.07) is 16.0. The van der Waals surface area contributed by atoms with Gasteiger partial charge in [0.1, 0.15) is 22.9 Å². The van der Waals surface area contributed by atoms with Crippen LogP contribution in [0, 0.1) is 5.82 Å². The summed E-state index contributed by atoms with van der Waals surface area (Å²) in [4.78, 5) is 9.29. The van der Waals surface area contributed by atoms with Gasteiger partial charge in [-0.2, -0.15) is 0 Å². The van der Waals surface area contributed by atoms with E-state index in [1.165, 1.54) is 12.1 Å². The highest BCUT2D eigenvalue weighted by Gasteiger charge is 2.19. The third-order valence-corrected chi connectivity index (χ3v) is 5.37. The molecule has 0 aliphatic carbocycles. The fourth-order valence-corrected chi connectivity index (χ4v) is 3.95. The zero-order valence-corrected chi connectivity index (χ0v) is 17.0. The van der Waals surface area contributed by atoms with Crippen molar-refractivity contribution in [3.8, 4) is 11.3 Å². The van der Waals surface area contributed by atoms with E-state index in [-0.39, 0.29) is 5.82 Å². The van der Waals surface area contributed by atoms with E-state index in [4.69, 9.17) is 21.1 Å². The van der Waals surface area contributed by atoms with Crippen LogP contribution in [0.1, 0.15) is 24.9 Å². The number of aryl methyl sites for hydroxylation is 1. The first-order valence-corrected chi connectivity index (χ1v) is 10.2. The molecule has 0 saturated heterocycles. The van der Waals surface area contributed by atoms with Crippen molar-refractivity contribution in [2.24, 2.45) is 0 Å². The molecule has 0 fully saturated rings. The largest absolute Gasteiger partial charge is 0.359 e. The van der Waals surface area contributed by atoms with Crippen molar-refractivity contribution >= 4 is 33.5 Å². The van der Waals surface area contributed by atoms with Gasteiger partial charge in [-0.3, -0.25) is 0 Å². The maximum Gasteiger partial charge on any atom is 0.157 e. The first kappa shape index (κ1) is 18.8. The molecule has 5 rings (SSSR count). The highest BCUT2D eigenvalue weighted by Crippen LogP contribution is 2.31. The van der Waals surface area contributed by atoms with Crippen LogP contribution in [0.25, 0.3) is 33.2 Å². The first-order valence-electron chi connectivity index (χ1n) is 9.79. The molecule has 0 bridgehead atoms. The van der Waals surface area contributed by atoms with Crippen molar-refractivity contribution in [2.75, 3.05) is 0 Å². The molecule has 30 heavy (non-hydrogen) atoms. The van der Waals surface area contributed by atoms with Crippen LogP contribution in [0.2, 0.25) is 5.15 Å². The second kappa shape index (κ2) is 7.54. The average molecular weight is 421 g/mol. The van der Waals surface area contributed by atoms with Crippen LogP contribution in [-0.4, -0.2) is 19.7 Å². The molecular weight excluding hydrogens is 403 g/mol. The highest BCUT2D eigenvalue weighted by molar-refractivity contribution is 6.35. The summed E-state index contributed by atoms with van der Waals surface area (Å²) in [6.45, 7) is 2.58. The third kappa shape index (κ3) is 3.23. The molecule has 0 amide bonds. The molecule has 7 heteroatoms. The van der Waals surface area contributed by atoms with E-state index in [1.807, 2.05) is 30.3 Å². The Hall–Kier alpha value is -3.25. The summed E-state index contributed by atoms with van der Waals surface area (Å²) in [5.74, 6) is 1.32. The minimum Gasteiger partial charge on any atom is -0.359 e. The maximum atomic E-state index is 13.2. The molecule has 0 N–H and O–H groups in total. The van der Waals surface area contributed by atoms with Gasteiger partial charge in [-0.15, -0.1) is 0 Å². The molecule has 0 aliphatic heterocycles. The summed E-state index contributed by atoms with van der Waals surface area (Å²) in [5.41, 5.74) is 3.92. The van der Waals surface area contributed by atoms with Crippen LogP contribution in [0.5, 0.6) is 0 Å². The third-order valence-electron chi connectivity index (χ3n) is 5.11. The van der Waals surface area contributed by atoms with Crippen LogP contribution in [-0.2, 0) is 13.0 Å². The van der Waals surface area contributed by atoms with E-state index in [0.29, 0.717) is 28.7 Å². The van der Waals surface area contributed by atoms with Crippen LogP contribution in [0.15, 0.2) is 59.1 Å². The molecule has 0 radical (unpaired) electrons. The number of aromatic nitrogens is 4. The lowest BCUT2D eigenvalue weighted by Gasteiger charge is -2.08. The number of pyridine rings is 1. The van der Waals surface area contributed by atoms with Gasteiger partial charge in [0.2, 0.25) is 0 Å². The number of benzene rings is 2. The molecule has 2 aromatic carbocycles. The van der Waals surface area contributed by atoms with E-state index in [1.54, 1.807) is 12.1 Å². The van der Waals surface area contributed by atoms with Crippen LogP contribution in [0.4, 0.5) is 4.39 Å². The fraction of sp³-hybridized carbons (Fsp3) is 0.174. The molecule has 3 aromatic heterocycles. The number of para-hydroxylation sites is 1. The molecule has 5 nitrogen and oxygen atoms in total. The molecule has 3 heterocycles. The lowest BCUT2D eigenvalue weighted by Crippen LogP contribution is -2.05. The number of nitrogens with zero attached hydrogens (tertiary/aromatic N) is 4. The van der Waals surface area contributed by atoms with Crippen molar-refractivity contribution in [3.05, 3.63) is 77.2 Å². The van der Waals surface area contributed by atoms with Crippen LogP contribution >= 0.6 is 11.6 Å². The Morgan fingerprint density at radius 3 is 2.67 bits per heavy atom. The Kier molecular flexibility index (Phi) is 4.71. The predicted octanol–water partition coefficient (Wildman–Crippen LogP) is 6.03. The number of imidazole rings is 1. The molecule has 0 aliphatic rings. The molecule has 150 valence electrons. The number of halogens is 2. The van der Waals surface area contributed by atoms with Gasteiger partial charge in [0.25, 0.3) is 0 Å². The molecule has 5 aromatic rings. The second-order valence-electron chi connectivity index (χ2n) is 7.17. The maximum absolute atomic E-state index is 13.2. The van der Waals surface area contributed by atoms with Gasteiger partial charge < -0.3 is 9.09 Å². The number of hydrogen-bond acceptors (Lipinski definition) is 4. The van der Waals surface area contributed by atoms with Crippen LogP contribution in [0.3, 0.4) is 0 Å². The number of rotatable bonds is 5. The summed E-state index contributed by atoms with van der Waals surface area (Å²) in [6.07, 6.45) is 1.75. The minimum atomic E-state index is -0.283. The zero-order chi connectivity index (χ0) is 20.7. The lowest BCUT2D eigenvalue weighted by atomic mass is 10.1. The summed E-state index contributed by atoms with van der Waals surface area (Å²) in [5, 5.41) is 5.55. The monoisotopic (exact) mass is 420 g/mol. The van der Waals surface area contributed by atoms with E-state index in [9.17, 15) is 4.39 Å².